The van der Waals surface area contributed by atoms with Crippen molar-refractivity contribution in [2.45, 2.75) is 18.1 Å². The Labute approximate surface area is 279 Å². The van der Waals surface area contributed by atoms with Crippen molar-refractivity contribution in [3.63, 3.8) is 0 Å². The highest BCUT2D eigenvalue weighted by Crippen LogP contribution is 2.21. The standard InChI is InChI=1S/C14H16N8OS2.C13H22N4O3S/c15-13(16)20-14-19-11(8-25-14)7-24-6-5-18-12(23)9-1-3-10(4-2-9)21-22-17;1-14-13(9-17(18)19)15-6-7-21-10-12-5-4-11(20-12)8-16(2)3/h1-4,8H,5-7H2,(H,18,23)(H4,15,16,19,20);4-5,9,14-15H,6-8,10H2,1-3H3. The number of nitrogens with one attached hydrogen (secondary N) is 3. The number of furan rings is 1. The topological polar surface area (TPSA) is 239 Å². The number of hydrogen-bond acceptors (Lipinski definition) is 13. The van der Waals surface area contributed by atoms with Gasteiger partial charge in [0.1, 0.15) is 11.5 Å². The van der Waals surface area contributed by atoms with Crippen LogP contribution in [-0.4, -0.2) is 72.4 Å². The van der Waals surface area contributed by atoms with E-state index in [4.69, 9.17) is 21.4 Å². The third-order valence-electron chi connectivity index (χ3n) is 5.34. The number of thioether (sulfide) groups is 2. The van der Waals surface area contributed by atoms with Gasteiger partial charge in [-0.05, 0) is 43.9 Å². The van der Waals surface area contributed by atoms with E-state index < -0.39 is 4.92 Å². The first-order chi connectivity index (χ1) is 22.1. The molecule has 0 spiro atoms. The molecule has 0 aliphatic rings. The maximum absolute atomic E-state index is 12.0. The minimum atomic E-state index is -0.485. The molecule has 0 atom stereocenters. The van der Waals surface area contributed by atoms with Crippen molar-refractivity contribution < 1.29 is 14.1 Å². The largest absolute Gasteiger partial charge is 0.464 e. The lowest BCUT2D eigenvalue weighted by molar-refractivity contribution is -0.404. The first-order valence-electron chi connectivity index (χ1n) is 13.7. The number of rotatable bonds is 18. The van der Waals surface area contributed by atoms with Crippen LogP contribution in [0, 0.1) is 10.1 Å². The fourth-order valence-electron chi connectivity index (χ4n) is 3.40. The Hall–Kier alpha value is -4.42. The molecule has 7 N–H and O–H groups in total. The number of benzene rings is 1. The van der Waals surface area contributed by atoms with Gasteiger partial charge in [0.15, 0.2) is 11.8 Å². The number of aliphatic imine (C=N–C) groups is 1. The van der Waals surface area contributed by atoms with E-state index in [9.17, 15) is 14.9 Å². The number of carbonyl (C=O) groups is 1. The van der Waals surface area contributed by atoms with Crippen LogP contribution in [0.3, 0.4) is 0 Å². The van der Waals surface area contributed by atoms with E-state index >= 15 is 0 Å². The van der Waals surface area contributed by atoms with E-state index in [0.717, 1.165) is 47.2 Å². The Morgan fingerprint density at radius 2 is 1.80 bits per heavy atom. The lowest BCUT2D eigenvalue weighted by Crippen LogP contribution is -2.26. The average molecular weight is 691 g/mol. The molecular formula is C27H38N12O4S3. The molecule has 1 aromatic carbocycles. The van der Waals surface area contributed by atoms with E-state index in [1.807, 2.05) is 31.6 Å². The van der Waals surface area contributed by atoms with Crippen molar-refractivity contribution >= 4 is 57.5 Å². The van der Waals surface area contributed by atoms with Gasteiger partial charge in [-0.25, -0.2) is 4.98 Å². The third-order valence-corrected chi connectivity index (χ3v) is 8.09. The molecule has 16 nitrogen and oxygen atoms in total. The molecule has 3 aromatic rings. The van der Waals surface area contributed by atoms with Gasteiger partial charge in [0, 0.05) is 58.9 Å². The van der Waals surface area contributed by atoms with Crippen molar-refractivity contribution in [3.8, 4) is 0 Å². The van der Waals surface area contributed by atoms with Crippen LogP contribution in [0.2, 0.25) is 0 Å². The summed E-state index contributed by atoms with van der Waals surface area (Å²) in [5, 5.41) is 24.8. The van der Waals surface area contributed by atoms with Crippen molar-refractivity contribution in [3.05, 3.63) is 97.1 Å². The molecule has 0 fully saturated rings. The molecule has 0 radical (unpaired) electrons. The Bertz CT molecular complexity index is 1480. The van der Waals surface area contributed by atoms with Crippen molar-refractivity contribution in [1.29, 1.82) is 0 Å². The SMILES string of the molecule is CNC(=C[N+](=O)[O-])NCCSCc1ccc(CN(C)C)o1.[N-]=[N+]=Nc1ccc(C(=O)NCCSCc2csc(N=C(N)N)n2)cc1. The smallest absolute Gasteiger partial charge is 0.274 e. The molecule has 0 saturated heterocycles. The zero-order chi connectivity index (χ0) is 33.7. The van der Waals surface area contributed by atoms with Crippen molar-refractivity contribution in [2.75, 3.05) is 45.7 Å². The molecule has 0 aliphatic heterocycles. The van der Waals surface area contributed by atoms with E-state index in [2.05, 4.69) is 40.9 Å². The fourth-order valence-corrected chi connectivity index (χ4v) is 5.71. The molecule has 0 unspecified atom stereocenters. The summed E-state index contributed by atoms with van der Waals surface area (Å²) in [5.74, 6) is 5.23. The summed E-state index contributed by atoms with van der Waals surface area (Å²) in [6.07, 6.45) is 0.921. The van der Waals surface area contributed by atoms with Gasteiger partial charge >= 0.3 is 0 Å². The van der Waals surface area contributed by atoms with Gasteiger partial charge in [-0.1, -0.05) is 17.2 Å². The van der Waals surface area contributed by atoms with Crippen LogP contribution in [-0.2, 0) is 18.1 Å². The number of nitrogens with two attached hydrogens (primary N) is 2. The average Bonchev–Trinajstić information content (AvgIpc) is 3.65. The summed E-state index contributed by atoms with van der Waals surface area (Å²) >= 11 is 4.74. The van der Waals surface area contributed by atoms with E-state index in [0.29, 0.717) is 41.0 Å². The minimum Gasteiger partial charge on any atom is -0.464 e. The number of guanidine groups is 1. The van der Waals surface area contributed by atoms with Gasteiger partial charge in [-0.15, -0.1) is 11.3 Å². The number of hydrogen-bond donors (Lipinski definition) is 5. The van der Waals surface area contributed by atoms with Gasteiger partial charge < -0.3 is 36.7 Å². The first-order valence-corrected chi connectivity index (χ1v) is 16.9. The highest BCUT2D eigenvalue weighted by Gasteiger charge is 2.06. The third kappa shape index (κ3) is 16.1. The first kappa shape index (κ1) is 37.8. The second-order valence-corrected chi connectivity index (χ2v) is 12.4. The molecule has 2 heterocycles. The Balaban J connectivity index is 0.000000326. The van der Waals surface area contributed by atoms with Crippen LogP contribution in [0.4, 0.5) is 10.8 Å². The van der Waals surface area contributed by atoms with Gasteiger partial charge in [0.05, 0.1) is 22.9 Å². The summed E-state index contributed by atoms with van der Waals surface area (Å²) in [4.78, 5) is 34.8. The Kier molecular flexibility index (Phi) is 17.5. The van der Waals surface area contributed by atoms with Crippen LogP contribution in [0.25, 0.3) is 10.4 Å². The van der Waals surface area contributed by atoms with E-state index in [1.165, 1.54) is 11.3 Å². The second-order valence-electron chi connectivity index (χ2n) is 9.37. The quantitative estimate of drug-likeness (QED) is 0.0185. The normalized spacial score (nSPS) is 10.7. The summed E-state index contributed by atoms with van der Waals surface area (Å²) in [6.45, 7) is 1.98. The van der Waals surface area contributed by atoms with Gasteiger partial charge in [0.25, 0.3) is 12.1 Å². The van der Waals surface area contributed by atoms with Crippen molar-refractivity contribution in [2.24, 2.45) is 21.6 Å². The Morgan fingerprint density at radius 1 is 1.13 bits per heavy atom. The van der Waals surface area contributed by atoms with Gasteiger partial charge in [-0.3, -0.25) is 14.9 Å². The molecule has 0 aliphatic carbocycles. The van der Waals surface area contributed by atoms with E-state index in [-0.39, 0.29) is 11.9 Å². The number of nitrogens with zero attached hydrogens (tertiary/aromatic N) is 7. The molecule has 46 heavy (non-hydrogen) atoms. The van der Waals surface area contributed by atoms with Crippen LogP contribution < -0.4 is 27.4 Å². The molecule has 0 saturated carbocycles. The Morgan fingerprint density at radius 3 is 2.43 bits per heavy atom. The number of aromatic nitrogens is 1. The predicted octanol–water partition coefficient (Wildman–Crippen LogP) is 4.11. The highest BCUT2D eigenvalue weighted by atomic mass is 32.2. The summed E-state index contributed by atoms with van der Waals surface area (Å²) in [6, 6.07) is 10.4. The summed E-state index contributed by atoms with van der Waals surface area (Å²) in [7, 11) is 5.64. The zero-order valence-electron chi connectivity index (χ0n) is 25.7. The fraction of sp³-hybridized carbons (Fsp3) is 0.370. The number of amides is 1. The number of carbonyl (C=O) groups excluding carboxylic acids is 1. The summed E-state index contributed by atoms with van der Waals surface area (Å²) in [5.41, 5.74) is 20.8. The molecule has 19 heteroatoms. The molecule has 3 rings (SSSR count). The number of azide groups is 1. The molecule has 2 aromatic heterocycles. The maximum atomic E-state index is 12.0. The maximum Gasteiger partial charge on any atom is 0.274 e. The molecular weight excluding hydrogens is 653 g/mol. The van der Waals surface area contributed by atoms with Crippen LogP contribution in [0.15, 0.2) is 68.3 Å². The lowest BCUT2D eigenvalue weighted by Gasteiger charge is -2.07. The number of nitro groups is 1. The summed E-state index contributed by atoms with van der Waals surface area (Å²) < 4.78 is 5.70. The monoisotopic (exact) mass is 690 g/mol. The molecule has 0 bridgehead atoms. The second kappa shape index (κ2) is 21.3. The predicted molar refractivity (Wildman–Crippen MR) is 186 cm³/mol. The van der Waals surface area contributed by atoms with Crippen LogP contribution in [0.5, 0.6) is 0 Å². The van der Waals surface area contributed by atoms with Gasteiger partial charge in [-0.2, -0.15) is 28.5 Å². The lowest BCUT2D eigenvalue weighted by atomic mass is 10.2. The molecule has 248 valence electrons. The van der Waals surface area contributed by atoms with Gasteiger partial charge in [0.2, 0.25) is 5.13 Å². The highest BCUT2D eigenvalue weighted by molar-refractivity contribution is 7.98. The molecule has 1 amide bonds. The van der Waals surface area contributed by atoms with Crippen LogP contribution >= 0.6 is 34.9 Å². The number of thiazole rings is 1. The van der Waals surface area contributed by atoms with E-state index in [1.54, 1.807) is 54.8 Å². The zero-order valence-corrected chi connectivity index (χ0v) is 28.2. The minimum absolute atomic E-state index is 0.0104. The van der Waals surface area contributed by atoms with Crippen LogP contribution in [0.1, 0.15) is 27.6 Å². The van der Waals surface area contributed by atoms with Crippen molar-refractivity contribution in [1.82, 2.24) is 25.8 Å².